The van der Waals surface area contributed by atoms with Crippen molar-refractivity contribution in [2.75, 3.05) is 38.5 Å². The average molecular weight is 320 g/mol. The van der Waals surface area contributed by atoms with Gasteiger partial charge in [0.2, 0.25) is 0 Å². The monoisotopic (exact) mass is 320 g/mol. The van der Waals surface area contributed by atoms with Crippen LogP contribution in [0.15, 0.2) is 22.8 Å². The van der Waals surface area contributed by atoms with Gasteiger partial charge in [-0.05, 0) is 30.6 Å². The van der Waals surface area contributed by atoms with Crippen LogP contribution >= 0.6 is 11.5 Å². The molecule has 0 radical (unpaired) electrons. The number of carbonyl (C=O) groups excluding carboxylic acids is 1. The SMILES string of the molecule is CNc1snc(C)c1C(=O)N1CCN(Cc2ccco2)CC1. The Bertz CT molecular complexity index is 630. The number of aromatic nitrogens is 1. The highest BCUT2D eigenvalue weighted by atomic mass is 32.1. The molecule has 0 saturated carbocycles. The third-order valence-corrected chi connectivity index (χ3v) is 4.88. The lowest BCUT2D eigenvalue weighted by atomic mass is 10.2. The van der Waals surface area contributed by atoms with E-state index in [0.717, 1.165) is 49.2 Å². The van der Waals surface area contributed by atoms with Gasteiger partial charge in [0.25, 0.3) is 5.91 Å². The summed E-state index contributed by atoms with van der Waals surface area (Å²) in [6, 6.07) is 3.89. The van der Waals surface area contributed by atoms with Crippen molar-refractivity contribution >= 4 is 22.4 Å². The zero-order valence-corrected chi connectivity index (χ0v) is 13.7. The molecule has 2 aromatic heterocycles. The quantitative estimate of drug-likeness (QED) is 0.934. The van der Waals surface area contributed by atoms with Gasteiger partial charge in [-0.3, -0.25) is 9.69 Å². The third-order valence-electron chi connectivity index (χ3n) is 3.92. The van der Waals surface area contributed by atoms with E-state index in [1.807, 2.05) is 31.0 Å². The van der Waals surface area contributed by atoms with E-state index in [1.54, 1.807) is 6.26 Å². The van der Waals surface area contributed by atoms with Gasteiger partial charge in [0, 0.05) is 33.2 Å². The Morgan fingerprint density at radius 1 is 1.41 bits per heavy atom. The molecule has 0 spiro atoms. The Morgan fingerprint density at radius 2 is 2.18 bits per heavy atom. The van der Waals surface area contributed by atoms with Crippen LogP contribution in [0.4, 0.5) is 5.00 Å². The second-order valence-corrected chi connectivity index (χ2v) is 6.14. The van der Waals surface area contributed by atoms with Gasteiger partial charge >= 0.3 is 0 Å². The van der Waals surface area contributed by atoms with Crippen molar-refractivity contribution < 1.29 is 9.21 Å². The minimum atomic E-state index is 0.0771. The summed E-state index contributed by atoms with van der Waals surface area (Å²) in [5, 5.41) is 3.91. The van der Waals surface area contributed by atoms with E-state index >= 15 is 0 Å². The van der Waals surface area contributed by atoms with Gasteiger partial charge in [0.1, 0.15) is 10.8 Å². The summed E-state index contributed by atoms with van der Waals surface area (Å²) in [6.07, 6.45) is 1.70. The molecule has 22 heavy (non-hydrogen) atoms. The van der Waals surface area contributed by atoms with Gasteiger partial charge in [0.15, 0.2) is 0 Å². The number of furan rings is 1. The first kappa shape index (κ1) is 15.1. The highest BCUT2D eigenvalue weighted by Gasteiger charge is 2.26. The summed E-state index contributed by atoms with van der Waals surface area (Å²) < 4.78 is 9.66. The summed E-state index contributed by atoms with van der Waals surface area (Å²) >= 11 is 1.34. The lowest BCUT2D eigenvalue weighted by Gasteiger charge is -2.34. The van der Waals surface area contributed by atoms with E-state index in [0.29, 0.717) is 5.56 Å². The molecular formula is C15H20N4O2S. The molecule has 0 aromatic carbocycles. The van der Waals surface area contributed by atoms with Crippen LogP contribution in [0.3, 0.4) is 0 Å². The first-order chi connectivity index (χ1) is 10.7. The van der Waals surface area contributed by atoms with Gasteiger partial charge in [-0.1, -0.05) is 0 Å². The van der Waals surface area contributed by atoms with E-state index in [4.69, 9.17) is 4.42 Å². The number of nitrogens with one attached hydrogen (secondary N) is 1. The minimum Gasteiger partial charge on any atom is -0.468 e. The predicted molar refractivity (Wildman–Crippen MR) is 86.3 cm³/mol. The second kappa shape index (κ2) is 6.50. The molecule has 7 heteroatoms. The van der Waals surface area contributed by atoms with E-state index < -0.39 is 0 Å². The molecular weight excluding hydrogens is 300 g/mol. The Hall–Kier alpha value is -1.86. The number of aryl methyl sites for hydroxylation is 1. The van der Waals surface area contributed by atoms with Crippen molar-refractivity contribution in [3.63, 3.8) is 0 Å². The lowest BCUT2D eigenvalue weighted by molar-refractivity contribution is 0.0621. The maximum absolute atomic E-state index is 12.7. The summed E-state index contributed by atoms with van der Waals surface area (Å²) in [7, 11) is 1.82. The summed E-state index contributed by atoms with van der Waals surface area (Å²) in [5.41, 5.74) is 1.52. The number of hydrogen-bond donors (Lipinski definition) is 1. The Morgan fingerprint density at radius 3 is 2.82 bits per heavy atom. The Labute approximate surface area is 133 Å². The van der Waals surface area contributed by atoms with Crippen LogP contribution in [0.25, 0.3) is 0 Å². The van der Waals surface area contributed by atoms with Crippen LogP contribution in [0.1, 0.15) is 21.8 Å². The lowest BCUT2D eigenvalue weighted by Crippen LogP contribution is -2.48. The summed E-state index contributed by atoms with van der Waals surface area (Å²) in [6.45, 7) is 5.87. The smallest absolute Gasteiger partial charge is 0.258 e. The number of rotatable bonds is 4. The van der Waals surface area contributed by atoms with Crippen LogP contribution in [-0.2, 0) is 6.54 Å². The molecule has 0 atom stereocenters. The predicted octanol–water partition coefficient (Wildman–Crippen LogP) is 2.04. The number of nitrogens with zero attached hydrogens (tertiary/aromatic N) is 3. The van der Waals surface area contributed by atoms with E-state index in [2.05, 4.69) is 14.6 Å². The molecule has 0 bridgehead atoms. The van der Waals surface area contributed by atoms with E-state index in [9.17, 15) is 4.79 Å². The maximum Gasteiger partial charge on any atom is 0.258 e. The van der Waals surface area contributed by atoms with Crippen molar-refractivity contribution in [2.24, 2.45) is 0 Å². The van der Waals surface area contributed by atoms with Gasteiger partial charge in [0.05, 0.1) is 24.1 Å². The standard InChI is InChI=1S/C15H20N4O2S/c1-11-13(14(16-2)22-17-11)15(20)19-7-5-18(6-8-19)10-12-4-3-9-21-12/h3-4,9,16H,5-8,10H2,1-2H3. The number of anilines is 1. The van der Waals surface area contributed by atoms with Crippen LogP contribution in [0.5, 0.6) is 0 Å². The molecule has 3 rings (SSSR count). The number of carbonyl (C=O) groups is 1. The first-order valence-corrected chi connectivity index (χ1v) is 8.14. The molecule has 1 amide bonds. The molecule has 1 saturated heterocycles. The third kappa shape index (κ3) is 3.00. The van der Waals surface area contributed by atoms with Crippen LogP contribution in [0, 0.1) is 6.92 Å². The molecule has 118 valence electrons. The molecule has 0 aliphatic carbocycles. The van der Waals surface area contributed by atoms with E-state index in [-0.39, 0.29) is 5.91 Å². The van der Waals surface area contributed by atoms with Crippen molar-refractivity contribution in [1.82, 2.24) is 14.2 Å². The topological polar surface area (TPSA) is 61.6 Å². The largest absolute Gasteiger partial charge is 0.468 e. The highest BCUT2D eigenvalue weighted by molar-refractivity contribution is 7.10. The first-order valence-electron chi connectivity index (χ1n) is 7.37. The number of piperazine rings is 1. The number of amides is 1. The van der Waals surface area contributed by atoms with Crippen LogP contribution in [0.2, 0.25) is 0 Å². The number of hydrogen-bond acceptors (Lipinski definition) is 6. The summed E-state index contributed by atoms with van der Waals surface area (Å²) in [4.78, 5) is 16.9. The van der Waals surface area contributed by atoms with Crippen molar-refractivity contribution in [1.29, 1.82) is 0 Å². The Kier molecular flexibility index (Phi) is 4.44. The molecule has 1 aliphatic rings. The molecule has 6 nitrogen and oxygen atoms in total. The van der Waals surface area contributed by atoms with Crippen molar-refractivity contribution in [2.45, 2.75) is 13.5 Å². The average Bonchev–Trinajstić information content (AvgIpc) is 3.16. The molecule has 2 aromatic rings. The molecule has 1 aliphatic heterocycles. The van der Waals surface area contributed by atoms with Crippen molar-refractivity contribution in [3.8, 4) is 0 Å². The second-order valence-electron chi connectivity index (χ2n) is 5.37. The molecule has 1 N–H and O–H groups in total. The highest BCUT2D eigenvalue weighted by Crippen LogP contribution is 2.25. The maximum atomic E-state index is 12.7. The minimum absolute atomic E-state index is 0.0771. The fourth-order valence-corrected chi connectivity index (χ4v) is 3.42. The van der Waals surface area contributed by atoms with Gasteiger partial charge in [-0.2, -0.15) is 4.37 Å². The normalized spacial score (nSPS) is 16.0. The summed E-state index contributed by atoms with van der Waals surface area (Å²) in [5.74, 6) is 1.04. The van der Waals surface area contributed by atoms with Crippen molar-refractivity contribution in [3.05, 3.63) is 35.4 Å². The Balaban J connectivity index is 1.61. The van der Waals surface area contributed by atoms with Crippen LogP contribution < -0.4 is 5.32 Å². The van der Waals surface area contributed by atoms with Gasteiger partial charge in [-0.25, -0.2) is 0 Å². The molecule has 3 heterocycles. The fraction of sp³-hybridized carbons (Fsp3) is 0.467. The zero-order valence-electron chi connectivity index (χ0n) is 12.8. The van der Waals surface area contributed by atoms with Gasteiger partial charge in [-0.15, -0.1) is 0 Å². The molecule has 1 fully saturated rings. The van der Waals surface area contributed by atoms with Gasteiger partial charge < -0.3 is 14.6 Å². The van der Waals surface area contributed by atoms with E-state index in [1.165, 1.54) is 11.5 Å². The fourth-order valence-electron chi connectivity index (χ4n) is 2.68. The zero-order chi connectivity index (χ0) is 15.5. The van der Waals surface area contributed by atoms with Crippen LogP contribution in [-0.4, -0.2) is 53.3 Å². The molecule has 0 unspecified atom stereocenters.